The molecule has 0 amide bonds. The van der Waals surface area contributed by atoms with E-state index in [9.17, 15) is 8.42 Å². The fourth-order valence-electron chi connectivity index (χ4n) is 2.33. The average molecular weight is 284 g/mol. The normalized spacial score (nSPS) is 24.3. The topological polar surface area (TPSA) is 81.4 Å². The summed E-state index contributed by atoms with van der Waals surface area (Å²) < 4.78 is 29.7. The number of benzene rings is 1. The zero-order chi connectivity index (χ0) is 13.9. The summed E-state index contributed by atoms with van der Waals surface area (Å²) in [6.45, 7) is 1.91. The minimum atomic E-state index is -3.72. The van der Waals surface area contributed by atoms with Crippen molar-refractivity contribution in [2.45, 2.75) is 49.6 Å². The molecule has 1 aliphatic rings. The minimum absolute atomic E-state index is 0.103. The van der Waals surface area contributed by atoms with Crippen LogP contribution in [0.5, 0.6) is 0 Å². The second-order valence-electron chi connectivity index (χ2n) is 4.96. The van der Waals surface area contributed by atoms with Crippen molar-refractivity contribution in [3.05, 3.63) is 29.8 Å². The van der Waals surface area contributed by atoms with Crippen LogP contribution in [0.15, 0.2) is 29.2 Å². The molecule has 0 radical (unpaired) electrons. The van der Waals surface area contributed by atoms with Crippen molar-refractivity contribution in [1.29, 1.82) is 0 Å². The predicted molar refractivity (Wildman–Crippen MR) is 72.8 cm³/mol. The molecule has 0 spiro atoms. The van der Waals surface area contributed by atoms with E-state index >= 15 is 0 Å². The fraction of sp³-hybridized carbons (Fsp3) is 0.538. The van der Waals surface area contributed by atoms with Crippen LogP contribution in [0, 0.1) is 6.92 Å². The van der Waals surface area contributed by atoms with E-state index in [1.807, 2.05) is 6.92 Å². The van der Waals surface area contributed by atoms with Gasteiger partial charge in [-0.05, 0) is 31.9 Å². The Kier molecular flexibility index (Phi) is 4.57. The van der Waals surface area contributed by atoms with E-state index in [4.69, 9.17) is 10.0 Å². The van der Waals surface area contributed by atoms with E-state index < -0.39 is 10.1 Å². The highest BCUT2D eigenvalue weighted by Gasteiger charge is 2.30. The molecule has 1 saturated carbocycles. The summed E-state index contributed by atoms with van der Waals surface area (Å²) in [5.41, 5.74) is 3.66. The molecule has 106 valence electrons. The number of nitrogens with one attached hydrogen (secondary N) is 1. The smallest absolute Gasteiger partial charge is 0.271 e. The first-order valence-corrected chi connectivity index (χ1v) is 7.90. The number of aryl methyl sites for hydroxylation is 1. The Morgan fingerprint density at radius 1 is 1.21 bits per heavy atom. The first kappa shape index (κ1) is 14.5. The Bertz CT molecular complexity index is 513. The molecule has 0 aromatic heterocycles. The van der Waals surface area contributed by atoms with Crippen LogP contribution in [0.25, 0.3) is 0 Å². The van der Waals surface area contributed by atoms with Crippen LogP contribution < -0.4 is 11.3 Å². The summed E-state index contributed by atoms with van der Waals surface area (Å²) in [6.07, 6.45) is 3.17. The Balaban J connectivity index is 2.14. The van der Waals surface area contributed by atoms with Crippen molar-refractivity contribution < 1.29 is 12.6 Å². The molecule has 0 heterocycles. The molecule has 0 bridgehead atoms. The summed E-state index contributed by atoms with van der Waals surface area (Å²) in [6, 6.07) is 6.55. The van der Waals surface area contributed by atoms with Gasteiger partial charge in [-0.1, -0.05) is 30.5 Å². The average Bonchev–Trinajstić information content (AvgIpc) is 2.39. The van der Waals surface area contributed by atoms with Crippen molar-refractivity contribution >= 4 is 10.1 Å². The van der Waals surface area contributed by atoms with Crippen molar-refractivity contribution in [2.24, 2.45) is 5.84 Å². The lowest BCUT2D eigenvalue weighted by atomic mass is 9.93. The zero-order valence-corrected chi connectivity index (χ0v) is 11.8. The van der Waals surface area contributed by atoms with Gasteiger partial charge in [-0.25, -0.2) is 0 Å². The standard InChI is InChI=1S/C13H20N2O3S/c1-10-6-8-11(9-7-10)19(16,17)18-13-5-3-2-4-12(13)15-14/h6-9,12-13,15H,2-5,14H2,1H3/t12-,13+/m0/s1. The minimum Gasteiger partial charge on any atom is -0.271 e. The highest BCUT2D eigenvalue weighted by Crippen LogP contribution is 2.25. The monoisotopic (exact) mass is 284 g/mol. The van der Waals surface area contributed by atoms with E-state index in [1.54, 1.807) is 24.3 Å². The summed E-state index contributed by atoms with van der Waals surface area (Å²) in [7, 11) is -3.72. The SMILES string of the molecule is Cc1ccc(S(=O)(=O)O[C@@H]2CCCC[C@@H]2NN)cc1. The Hall–Kier alpha value is -0.950. The Morgan fingerprint density at radius 2 is 1.84 bits per heavy atom. The van der Waals surface area contributed by atoms with E-state index in [-0.39, 0.29) is 17.0 Å². The van der Waals surface area contributed by atoms with Crippen LogP contribution in [0.3, 0.4) is 0 Å². The van der Waals surface area contributed by atoms with Crippen LogP contribution in [0.4, 0.5) is 0 Å². The third-order valence-corrected chi connectivity index (χ3v) is 4.83. The predicted octanol–water partition coefficient (Wildman–Crippen LogP) is 1.47. The second kappa shape index (κ2) is 6.00. The summed E-state index contributed by atoms with van der Waals surface area (Å²) >= 11 is 0. The van der Waals surface area contributed by atoms with Crippen molar-refractivity contribution in [3.8, 4) is 0 Å². The maximum absolute atomic E-state index is 12.2. The molecular formula is C13H20N2O3S. The van der Waals surface area contributed by atoms with Gasteiger partial charge in [0.05, 0.1) is 11.0 Å². The molecule has 5 nitrogen and oxygen atoms in total. The molecule has 2 rings (SSSR count). The van der Waals surface area contributed by atoms with E-state index in [2.05, 4.69) is 5.43 Å². The van der Waals surface area contributed by atoms with Gasteiger partial charge in [0.2, 0.25) is 0 Å². The molecule has 6 heteroatoms. The summed E-state index contributed by atoms with van der Waals surface area (Å²) in [4.78, 5) is 0.194. The van der Waals surface area contributed by atoms with E-state index in [0.717, 1.165) is 24.8 Å². The first-order valence-electron chi connectivity index (χ1n) is 6.49. The lowest BCUT2D eigenvalue weighted by Crippen LogP contribution is -2.47. The fourth-order valence-corrected chi connectivity index (χ4v) is 3.46. The molecule has 0 saturated heterocycles. The van der Waals surface area contributed by atoms with Gasteiger partial charge in [0.1, 0.15) is 0 Å². The van der Waals surface area contributed by atoms with E-state index in [0.29, 0.717) is 6.42 Å². The largest absolute Gasteiger partial charge is 0.297 e. The highest BCUT2D eigenvalue weighted by atomic mass is 32.2. The molecular weight excluding hydrogens is 264 g/mol. The van der Waals surface area contributed by atoms with E-state index in [1.165, 1.54) is 0 Å². The molecule has 1 aliphatic carbocycles. The van der Waals surface area contributed by atoms with Crippen LogP contribution in [0.2, 0.25) is 0 Å². The maximum atomic E-state index is 12.2. The molecule has 0 aliphatic heterocycles. The number of nitrogens with two attached hydrogens (primary N) is 1. The van der Waals surface area contributed by atoms with Crippen LogP contribution >= 0.6 is 0 Å². The Morgan fingerprint density at radius 3 is 2.47 bits per heavy atom. The molecule has 1 aromatic rings. The summed E-state index contributed by atoms with van der Waals surface area (Å²) in [5.74, 6) is 5.45. The van der Waals surface area contributed by atoms with Gasteiger partial charge in [-0.15, -0.1) is 0 Å². The quantitative estimate of drug-likeness (QED) is 0.497. The van der Waals surface area contributed by atoms with Gasteiger partial charge in [0, 0.05) is 6.04 Å². The lowest BCUT2D eigenvalue weighted by Gasteiger charge is -2.30. The van der Waals surface area contributed by atoms with Crippen molar-refractivity contribution in [2.75, 3.05) is 0 Å². The first-order chi connectivity index (χ1) is 9.03. The molecule has 1 aromatic carbocycles. The zero-order valence-electron chi connectivity index (χ0n) is 11.0. The molecule has 1 fully saturated rings. The third-order valence-electron chi connectivity index (χ3n) is 3.48. The molecule has 3 N–H and O–H groups in total. The summed E-state index contributed by atoms with van der Waals surface area (Å²) in [5, 5.41) is 0. The lowest BCUT2D eigenvalue weighted by molar-refractivity contribution is 0.120. The van der Waals surface area contributed by atoms with Gasteiger partial charge in [-0.2, -0.15) is 8.42 Å². The second-order valence-corrected chi connectivity index (χ2v) is 6.53. The number of hydrazine groups is 1. The highest BCUT2D eigenvalue weighted by molar-refractivity contribution is 7.86. The van der Waals surface area contributed by atoms with Crippen LogP contribution in [-0.4, -0.2) is 20.6 Å². The van der Waals surface area contributed by atoms with Gasteiger partial charge in [0.25, 0.3) is 10.1 Å². The van der Waals surface area contributed by atoms with Gasteiger partial charge < -0.3 is 0 Å². The van der Waals surface area contributed by atoms with Gasteiger partial charge >= 0.3 is 0 Å². The van der Waals surface area contributed by atoms with Crippen molar-refractivity contribution in [3.63, 3.8) is 0 Å². The Labute approximate surface area is 114 Å². The number of rotatable bonds is 4. The van der Waals surface area contributed by atoms with Crippen LogP contribution in [0.1, 0.15) is 31.2 Å². The van der Waals surface area contributed by atoms with Gasteiger partial charge in [-0.3, -0.25) is 15.5 Å². The number of hydrogen-bond acceptors (Lipinski definition) is 5. The van der Waals surface area contributed by atoms with Gasteiger partial charge in [0.15, 0.2) is 0 Å². The molecule has 0 unspecified atom stereocenters. The molecule has 2 atom stereocenters. The van der Waals surface area contributed by atoms with Crippen LogP contribution in [-0.2, 0) is 14.3 Å². The number of hydrogen-bond donors (Lipinski definition) is 2. The van der Waals surface area contributed by atoms with Crippen molar-refractivity contribution in [1.82, 2.24) is 5.43 Å². The third kappa shape index (κ3) is 3.54. The molecule has 19 heavy (non-hydrogen) atoms. The maximum Gasteiger partial charge on any atom is 0.297 e.